The molecule has 1 aliphatic carbocycles. The molecular formula is C11H13NO3. The summed E-state index contributed by atoms with van der Waals surface area (Å²) < 4.78 is 5.04. The lowest BCUT2D eigenvalue weighted by Crippen LogP contribution is -2.17. The molecule has 0 saturated heterocycles. The van der Waals surface area contributed by atoms with Gasteiger partial charge in [-0.3, -0.25) is 9.78 Å². The Kier molecular flexibility index (Phi) is 2.34. The number of aliphatic carboxylic acids is 1. The number of ether oxygens (including phenoxy) is 1. The third-order valence-corrected chi connectivity index (χ3v) is 2.86. The average molecular weight is 207 g/mol. The second kappa shape index (κ2) is 3.53. The van der Waals surface area contributed by atoms with Gasteiger partial charge in [-0.1, -0.05) is 0 Å². The maximum Gasteiger partial charge on any atom is 0.309 e. The van der Waals surface area contributed by atoms with Gasteiger partial charge in [0.1, 0.15) is 5.75 Å². The first kappa shape index (κ1) is 9.96. The van der Waals surface area contributed by atoms with Crippen molar-refractivity contribution in [3.05, 3.63) is 24.0 Å². The number of methoxy groups -OCH3 is 1. The first-order chi connectivity index (χ1) is 7.16. The highest BCUT2D eigenvalue weighted by atomic mass is 16.5. The first-order valence-electron chi connectivity index (χ1n) is 4.88. The molecule has 1 fully saturated rings. The Morgan fingerprint density at radius 2 is 2.33 bits per heavy atom. The Hall–Kier alpha value is -1.58. The first-order valence-corrected chi connectivity index (χ1v) is 4.88. The molecule has 0 bridgehead atoms. The standard InChI is InChI=1S/C11H13NO3/c1-15-9-4-8(6-12-7-9)5-11(2-3-11)10(13)14/h4,6-7H,2-3,5H2,1H3,(H,13,14). The third-order valence-electron chi connectivity index (χ3n) is 2.86. The number of nitrogens with zero attached hydrogens (tertiary/aromatic N) is 1. The second-order valence-corrected chi connectivity index (χ2v) is 4.00. The Labute approximate surface area is 87.9 Å². The lowest BCUT2D eigenvalue weighted by atomic mass is 9.98. The lowest BCUT2D eigenvalue weighted by molar-refractivity contribution is -0.143. The molecular weight excluding hydrogens is 194 g/mol. The number of carboxylic acid groups (broad SMARTS) is 1. The van der Waals surface area contributed by atoms with Crippen LogP contribution in [0.25, 0.3) is 0 Å². The SMILES string of the molecule is COc1cncc(CC2(C(=O)O)CC2)c1. The predicted molar refractivity (Wildman–Crippen MR) is 53.8 cm³/mol. The van der Waals surface area contributed by atoms with E-state index < -0.39 is 11.4 Å². The Bertz CT molecular complexity index is 385. The maximum atomic E-state index is 11.0. The van der Waals surface area contributed by atoms with E-state index in [0.29, 0.717) is 12.2 Å². The van der Waals surface area contributed by atoms with E-state index in [0.717, 1.165) is 18.4 Å². The average Bonchev–Trinajstić information content (AvgIpc) is 2.99. The van der Waals surface area contributed by atoms with Gasteiger partial charge < -0.3 is 9.84 Å². The van der Waals surface area contributed by atoms with Crippen molar-refractivity contribution < 1.29 is 14.6 Å². The van der Waals surface area contributed by atoms with Gasteiger partial charge in [0.05, 0.1) is 18.7 Å². The zero-order valence-electron chi connectivity index (χ0n) is 8.56. The van der Waals surface area contributed by atoms with Crippen LogP contribution in [0.5, 0.6) is 5.75 Å². The molecule has 1 N–H and O–H groups in total. The highest BCUT2D eigenvalue weighted by Gasteiger charge is 2.50. The van der Waals surface area contributed by atoms with Crippen LogP contribution >= 0.6 is 0 Å². The van der Waals surface area contributed by atoms with E-state index in [2.05, 4.69) is 4.98 Å². The molecule has 1 aromatic rings. The highest BCUT2D eigenvalue weighted by Crippen LogP contribution is 2.48. The summed E-state index contributed by atoms with van der Waals surface area (Å²) in [4.78, 5) is 15.0. The van der Waals surface area contributed by atoms with E-state index in [9.17, 15) is 4.79 Å². The Morgan fingerprint density at radius 1 is 1.60 bits per heavy atom. The minimum Gasteiger partial charge on any atom is -0.495 e. The monoisotopic (exact) mass is 207 g/mol. The summed E-state index contributed by atoms with van der Waals surface area (Å²) in [6.07, 6.45) is 5.39. The zero-order valence-corrected chi connectivity index (χ0v) is 8.56. The van der Waals surface area contributed by atoms with Crippen molar-refractivity contribution in [1.29, 1.82) is 0 Å². The van der Waals surface area contributed by atoms with Crippen LogP contribution in [0.2, 0.25) is 0 Å². The van der Waals surface area contributed by atoms with Crippen LogP contribution in [0.4, 0.5) is 0 Å². The van der Waals surface area contributed by atoms with Crippen molar-refractivity contribution in [2.45, 2.75) is 19.3 Å². The summed E-state index contributed by atoms with van der Waals surface area (Å²) in [7, 11) is 1.57. The molecule has 15 heavy (non-hydrogen) atoms. The number of carboxylic acids is 1. The molecule has 0 atom stereocenters. The van der Waals surface area contributed by atoms with Crippen LogP contribution < -0.4 is 4.74 Å². The van der Waals surface area contributed by atoms with Gasteiger partial charge in [-0.15, -0.1) is 0 Å². The molecule has 0 radical (unpaired) electrons. The molecule has 0 aromatic carbocycles. The molecule has 0 amide bonds. The van der Waals surface area contributed by atoms with Gasteiger partial charge in [-0.05, 0) is 30.9 Å². The molecule has 1 saturated carbocycles. The quantitative estimate of drug-likeness (QED) is 0.812. The minimum atomic E-state index is -0.703. The van der Waals surface area contributed by atoms with E-state index in [1.54, 1.807) is 19.5 Å². The fraction of sp³-hybridized carbons (Fsp3) is 0.455. The van der Waals surface area contributed by atoms with Crippen LogP contribution in [-0.2, 0) is 11.2 Å². The van der Waals surface area contributed by atoms with Crippen molar-refractivity contribution in [3.8, 4) is 5.75 Å². The van der Waals surface area contributed by atoms with Gasteiger partial charge >= 0.3 is 5.97 Å². The summed E-state index contributed by atoms with van der Waals surface area (Å²) >= 11 is 0. The van der Waals surface area contributed by atoms with Crippen LogP contribution in [0, 0.1) is 5.41 Å². The van der Waals surface area contributed by atoms with Crippen molar-refractivity contribution in [3.63, 3.8) is 0 Å². The molecule has 0 spiro atoms. The number of carbonyl (C=O) groups is 1. The minimum absolute atomic E-state index is 0.534. The van der Waals surface area contributed by atoms with E-state index in [4.69, 9.17) is 9.84 Å². The normalized spacial score (nSPS) is 17.1. The zero-order chi connectivity index (χ0) is 10.9. The van der Waals surface area contributed by atoms with Crippen LogP contribution in [0.3, 0.4) is 0 Å². The molecule has 4 heteroatoms. The lowest BCUT2D eigenvalue weighted by Gasteiger charge is -2.09. The maximum absolute atomic E-state index is 11.0. The van der Waals surface area contributed by atoms with Gasteiger partial charge in [-0.25, -0.2) is 0 Å². The highest BCUT2D eigenvalue weighted by molar-refractivity contribution is 5.78. The molecule has 0 unspecified atom stereocenters. The summed E-state index contributed by atoms with van der Waals surface area (Å²) in [6, 6.07) is 1.84. The molecule has 80 valence electrons. The topological polar surface area (TPSA) is 59.4 Å². The van der Waals surface area contributed by atoms with Crippen LogP contribution in [0.1, 0.15) is 18.4 Å². The fourth-order valence-corrected chi connectivity index (χ4v) is 1.68. The molecule has 2 rings (SSSR count). The molecule has 1 heterocycles. The van der Waals surface area contributed by atoms with Crippen molar-refractivity contribution in [2.24, 2.45) is 5.41 Å². The van der Waals surface area contributed by atoms with Crippen molar-refractivity contribution in [2.75, 3.05) is 7.11 Å². The molecule has 0 aliphatic heterocycles. The Morgan fingerprint density at radius 3 is 2.87 bits per heavy atom. The number of rotatable bonds is 4. The summed E-state index contributed by atoms with van der Waals surface area (Å²) in [5.74, 6) is -0.0287. The fourth-order valence-electron chi connectivity index (χ4n) is 1.68. The number of hydrogen-bond acceptors (Lipinski definition) is 3. The predicted octanol–water partition coefficient (Wildman–Crippen LogP) is 1.50. The smallest absolute Gasteiger partial charge is 0.309 e. The third kappa shape index (κ3) is 1.93. The Balaban J connectivity index is 2.14. The number of aromatic nitrogens is 1. The van der Waals surface area contributed by atoms with E-state index in [1.165, 1.54) is 0 Å². The van der Waals surface area contributed by atoms with Gasteiger partial charge in [0.25, 0.3) is 0 Å². The largest absolute Gasteiger partial charge is 0.495 e. The summed E-state index contributed by atoms with van der Waals surface area (Å²) in [5.41, 5.74) is 0.392. The van der Waals surface area contributed by atoms with Gasteiger partial charge in [0, 0.05) is 6.20 Å². The van der Waals surface area contributed by atoms with Gasteiger partial charge in [0.15, 0.2) is 0 Å². The van der Waals surface area contributed by atoms with Crippen molar-refractivity contribution in [1.82, 2.24) is 4.98 Å². The van der Waals surface area contributed by atoms with E-state index in [1.807, 2.05) is 6.07 Å². The van der Waals surface area contributed by atoms with E-state index in [-0.39, 0.29) is 0 Å². The van der Waals surface area contributed by atoms with Crippen LogP contribution in [-0.4, -0.2) is 23.2 Å². The van der Waals surface area contributed by atoms with Gasteiger partial charge in [0.2, 0.25) is 0 Å². The number of pyridine rings is 1. The van der Waals surface area contributed by atoms with Crippen LogP contribution in [0.15, 0.2) is 18.5 Å². The second-order valence-electron chi connectivity index (χ2n) is 4.00. The summed E-state index contributed by atoms with van der Waals surface area (Å²) in [6.45, 7) is 0. The van der Waals surface area contributed by atoms with Crippen molar-refractivity contribution >= 4 is 5.97 Å². The molecule has 1 aliphatic rings. The molecule has 1 aromatic heterocycles. The van der Waals surface area contributed by atoms with Gasteiger partial charge in [-0.2, -0.15) is 0 Å². The van der Waals surface area contributed by atoms with E-state index >= 15 is 0 Å². The summed E-state index contributed by atoms with van der Waals surface area (Å²) in [5, 5.41) is 9.04. The number of hydrogen-bond donors (Lipinski definition) is 1. The molecule has 4 nitrogen and oxygen atoms in total.